The molecule has 1 aromatic heterocycles. The minimum absolute atomic E-state index is 0.491. The van der Waals surface area contributed by atoms with E-state index in [0.29, 0.717) is 6.04 Å². The Hall–Kier alpha value is -1.32. The third kappa shape index (κ3) is 4.66. The molecule has 3 heteroatoms. The topological polar surface area (TPSA) is 24.9 Å². The normalized spacial score (nSPS) is 11.0. The van der Waals surface area contributed by atoms with Crippen LogP contribution in [0.15, 0.2) is 47.6 Å². The molecule has 106 valence electrons. The number of aromatic nitrogens is 1. The van der Waals surface area contributed by atoms with Crippen molar-refractivity contribution in [1.82, 2.24) is 10.3 Å². The lowest BCUT2D eigenvalue weighted by Gasteiger charge is -2.11. The molecule has 2 rings (SSSR count). The van der Waals surface area contributed by atoms with Crippen molar-refractivity contribution in [3.8, 4) is 0 Å². The maximum Gasteiger partial charge on any atom is 0.101 e. The van der Waals surface area contributed by atoms with Gasteiger partial charge in [0.25, 0.3) is 0 Å². The maximum absolute atomic E-state index is 4.52. The quantitative estimate of drug-likeness (QED) is 0.806. The molecule has 0 unspecified atom stereocenters. The van der Waals surface area contributed by atoms with Crippen LogP contribution in [0.2, 0.25) is 0 Å². The third-order valence-corrected chi connectivity index (χ3v) is 4.13. The summed E-state index contributed by atoms with van der Waals surface area (Å²) in [6.07, 6.45) is 1.87. The van der Waals surface area contributed by atoms with E-state index in [1.54, 1.807) is 0 Å². The molecule has 0 spiro atoms. The summed E-state index contributed by atoms with van der Waals surface area (Å²) in [6.45, 7) is 7.33. The van der Waals surface area contributed by atoms with Gasteiger partial charge < -0.3 is 5.32 Å². The zero-order valence-corrected chi connectivity index (χ0v) is 13.2. The highest BCUT2D eigenvalue weighted by atomic mass is 32.2. The summed E-state index contributed by atoms with van der Waals surface area (Å²) in [5.41, 5.74) is 3.94. The number of thioether (sulfide) groups is 1. The summed E-state index contributed by atoms with van der Waals surface area (Å²) < 4.78 is 0. The minimum atomic E-state index is 0.491. The molecular formula is C17H22N2S. The lowest BCUT2D eigenvalue weighted by molar-refractivity contribution is 0.582. The molecule has 0 saturated heterocycles. The molecule has 1 aromatic carbocycles. The lowest BCUT2D eigenvalue weighted by atomic mass is 10.2. The summed E-state index contributed by atoms with van der Waals surface area (Å²) in [5.74, 6) is 0.966. The van der Waals surface area contributed by atoms with Gasteiger partial charge in [-0.1, -0.05) is 49.7 Å². The van der Waals surface area contributed by atoms with Gasteiger partial charge in [0.05, 0.1) is 0 Å². The van der Waals surface area contributed by atoms with E-state index in [4.69, 9.17) is 0 Å². The molecule has 1 N–H and O–H groups in total. The highest BCUT2D eigenvalue weighted by molar-refractivity contribution is 7.98. The van der Waals surface area contributed by atoms with E-state index in [1.165, 1.54) is 16.7 Å². The first kappa shape index (κ1) is 15.1. The molecule has 1 heterocycles. The third-order valence-electron chi connectivity index (χ3n) is 3.01. The predicted molar refractivity (Wildman–Crippen MR) is 87.0 cm³/mol. The van der Waals surface area contributed by atoms with Crippen molar-refractivity contribution in [1.29, 1.82) is 0 Å². The van der Waals surface area contributed by atoms with Gasteiger partial charge in [0.2, 0.25) is 0 Å². The Morgan fingerprint density at radius 3 is 2.80 bits per heavy atom. The fourth-order valence-corrected chi connectivity index (χ4v) is 2.90. The molecule has 0 aliphatic carbocycles. The van der Waals surface area contributed by atoms with Gasteiger partial charge in [-0.3, -0.25) is 0 Å². The van der Waals surface area contributed by atoms with Crippen LogP contribution in [0, 0.1) is 6.92 Å². The van der Waals surface area contributed by atoms with Crippen LogP contribution < -0.4 is 5.32 Å². The van der Waals surface area contributed by atoms with Crippen LogP contribution in [0.5, 0.6) is 0 Å². The number of aryl methyl sites for hydroxylation is 1. The Morgan fingerprint density at radius 2 is 2.05 bits per heavy atom. The summed E-state index contributed by atoms with van der Waals surface area (Å²) >= 11 is 1.81. The van der Waals surface area contributed by atoms with E-state index in [9.17, 15) is 0 Å². The summed E-state index contributed by atoms with van der Waals surface area (Å²) in [5, 5.41) is 4.58. The van der Waals surface area contributed by atoms with Crippen molar-refractivity contribution in [2.75, 3.05) is 0 Å². The number of hydrogen-bond acceptors (Lipinski definition) is 3. The van der Waals surface area contributed by atoms with E-state index in [0.717, 1.165) is 17.3 Å². The molecule has 0 radical (unpaired) electrons. The van der Waals surface area contributed by atoms with Gasteiger partial charge in [-0.25, -0.2) is 4.98 Å². The second kappa shape index (κ2) is 7.46. The van der Waals surface area contributed by atoms with Crippen LogP contribution in [0.1, 0.15) is 30.5 Å². The van der Waals surface area contributed by atoms with Crippen LogP contribution in [0.25, 0.3) is 0 Å². The van der Waals surface area contributed by atoms with E-state index in [-0.39, 0.29) is 0 Å². The van der Waals surface area contributed by atoms with Gasteiger partial charge in [-0.05, 0) is 24.1 Å². The molecule has 0 aliphatic rings. The molecule has 0 fully saturated rings. The van der Waals surface area contributed by atoms with Gasteiger partial charge in [-0.15, -0.1) is 11.8 Å². The Kier molecular flexibility index (Phi) is 5.62. The average Bonchev–Trinajstić information content (AvgIpc) is 2.44. The Bertz CT molecular complexity index is 552. The van der Waals surface area contributed by atoms with Gasteiger partial charge in [-0.2, -0.15) is 0 Å². The van der Waals surface area contributed by atoms with E-state index >= 15 is 0 Å². The first-order valence-electron chi connectivity index (χ1n) is 7.01. The lowest BCUT2D eigenvalue weighted by Crippen LogP contribution is -2.22. The fourth-order valence-electron chi connectivity index (χ4n) is 1.96. The summed E-state index contributed by atoms with van der Waals surface area (Å²) in [4.78, 5) is 4.52. The van der Waals surface area contributed by atoms with Crippen molar-refractivity contribution in [2.45, 2.75) is 44.1 Å². The average molecular weight is 286 g/mol. The second-order valence-electron chi connectivity index (χ2n) is 5.28. The SMILES string of the molecule is Cc1cccc(CSc2ncccc2CNC(C)C)c1. The van der Waals surface area contributed by atoms with Crippen molar-refractivity contribution in [2.24, 2.45) is 0 Å². The first-order valence-corrected chi connectivity index (χ1v) is 7.99. The molecule has 0 aliphatic heterocycles. The van der Waals surface area contributed by atoms with Crippen LogP contribution in [0.3, 0.4) is 0 Å². The highest BCUT2D eigenvalue weighted by Crippen LogP contribution is 2.24. The molecule has 0 atom stereocenters. The van der Waals surface area contributed by atoms with Crippen LogP contribution in [-0.4, -0.2) is 11.0 Å². The van der Waals surface area contributed by atoms with Gasteiger partial charge in [0, 0.05) is 24.5 Å². The maximum atomic E-state index is 4.52. The number of nitrogens with one attached hydrogen (secondary N) is 1. The van der Waals surface area contributed by atoms with E-state index < -0.39 is 0 Å². The minimum Gasteiger partial charge on any atom is -0.310 e. The van der Waals surface area contributed by atoms with Crippen LogP contribution in [0.4, 0.5) is 0 Å². The number of benzene rings is 1. The summed E-state index contributed by atoms with van der Waals surface area (Å²) in [7, 11) is 0. The number of pyridine rings is 1. The highest BCUT2D eigenvalue weighted by Gasteiger charge is 2.05. The monoisotopic (exact) mass is 286 g/mol. The zero-order chi connectivity index (χ0) is 14.4. The smallest absolute Gasteiger partial charge is 0.101 e. The standard InChI is InChI=1S/C17H22N2S/c1-13(2)19-11-16-8-5-9-18-17(16)20-12-15-7-4-6-14(3)10-15/h4-10,13,19H,11-12H2,1-3H3. The van der Waals surface area contributed by atoms with Gasteiger partial charge in [0.15, 0.2) is 0 Å². The Balaban J connectivity index is 2.02. The van der Waals surface area contributed by atoms with Gasteiger partial charge >= 0.3 is 0 Å². The van der Waals surface area contributed by atoms with E-state index in [1.807, 2.05) is 24.0 Å². The van der Waals surface area contributed by atoms with Crippen LogP contribution in [-0.2, 0) is 12.3 Å². The second-order valence-corrected chi connectivity index (χ2v) is 6.25. The number of hydrogen-bond donors (Lipinski definition) is 1. The van der Waals surface area contributed by atoms with Crippen molar-refractivity contribution < 1.29 is 0 Å². The van der Waals surface area contributed by atoms with E-state index in [2.05, 4.69) is 61.4 Å². The molecule has 0 amide bonds. The summed E-state index contributed by atoms with van der Waals surface area (Å²) in [6, 6.07) is 13.3. The molecule has 2 aromatic rings. The predicted octanol–water partition coefficient (Wildman–Crippen LogP) is 4.18. The molecule has 2 nitrogen and oxygen atoms in total. The Morgan fingerprint density at radius 1 is 1.20 bits per heavy atom. The zero-order valence-electron chi connectivity index (χ0n) is 12.4. The largest absolute Gasteiger partial charge is 0.310 e. The number of nitrogens with zero attached hydrogens (tertiary/aromatic N) is 1. The Labute approximate surface area is 126 Å². The number of rotatable bonds is 6. The van der Waals surface area contributed by atoms with Gasteiger partial charge in [0.1, 0.15) is 5.03 Å². The first-order chi connectivity index (χ1) is 9.65. The molecular weight excluding hydrogens is 264 g/mol. The van der Waals surface area contributed by atoms with Crippen molar-refractivity contribution in [3.63, 3.8) is 0 Å². The van der Waals surface area contributed by atoms with Crippen molar-refractivity contribution >= 4 is 11.8 Å². The molecule has 0 saturated carbocycles. The van der Waals surface area contributed by atoms with Crippen molar-refractivity contribution in [3.05, 3.63) is 59.3 Å². The molecule has 20 heavy (non-hydrogen) atoms. The van der Waals surface area contributed by atoms with Crippen LogP contribution >= 0.6 is 11.8 Å². The molecule has 0 bridgehead atoms. The fraction of sp³-hybridized carbons (Fsp3) is 0.353.